The summed E-state index contributed by atoms with van der Waals surface area (Å²) in [4.78, 5) is 10.1. The normalized spacial score (nSPS) is 10.6. The van der Waals surface area contributed by atoms with Gasteiger partial charge in [-0.15, -0.1) is 0 Å². The Hall–Kier alpha value is -0.120. The molecule has 88 valence electrons. The Balaban J connectivity index is 0.00000256. The van der Waals surface area contributed by atoms with Crippen LogP contribution < -0.4 is 29.6 Å². The van der Waals surface area contributed by atoms with Crippen molar-refractivity contribution < 1.29 is 47.5 Å². The molecule has 0 heterocycles. The SMILES string of the molecule is O=[N+]([O-])c1ccccc1CCSS(=O)(=O)[O-].[Na+]. The summed E-state index contributed by atoms with van der Waals surface area (Å²) in [6, 6.07) is 6.03. The average molecular weight is 285 g/mol. The van der Waals surface area contributed by atoms with Crippen LogP contribution in [-0.2, 0) is 15.6 Å². The van der Waals surface area contributed by atoms with Crippen LogP contribution in [0.3, 0.4) is 0 Å². The number of nitrogens with zero attached hydrogens (tertiary/aromatic N) is 1. The van der Waals surface area contributed by atoms with Gasteiger partial charge in [0.2, 0.25) is 0 Å². The molecule has 17 heavy (non-hydrogen) atoms. The molecule has 0 fully saturated rings. The Morgan fingerprint density at radius 2 is 1.88 bits per heavy atom. The summed E-state index contributed by atoms with van der Waals surface area (Å²) in [6.45, 7) is 0. The van der Waals surface area contributed by atoms with Crippen LogP contribution in [0.5, 0.6) is 0 Å². The summed E-state index contributed by atoms with van der Waals surface area (Å²) < 4.78 is 30.9. The van der Waals surface area contributed by atoms with Crippen molar-refractivity contribution in [3.8, 4) is 0 Å². The largest absolute Gasteiger partial charge is 1.00 e. The van der Waals surface area contributed by atoms with Crippen LogP contribution in [0.4, 0.5) is 5.69 Å². The van der Waals surface area contributed by atoms with E-state index in [9.17, 15) is 23.1 Å². The molecule has 0 saturated heterocycles. The van der Waals surface area contributed by atoms with Crippen molar-refractivity contribution in [1.29, 1.82) is 0 Å². The number of aryl methyl sites for hydroxylation is 1. The van der Waals surface area contributed by atoms with Crippen molar-refractivity contribution in [2.24, 2.45) is 0 Å². The molecule has 1 aromatic rings. The van der Waals surface area contributed by atoms with Crippen LogP contribution in [0, 0.1) is 10.1 Å². The van der Waals surface area contributed by atoms with Gasteiger partial charge in [-0.25, -0.2) is 8.42 Å². The fourth-order valence-electron chi connectivity index (χ4n) is 1.15. The predicted molar refractivity (Wildman–Crippen MR) is 59.0 cm³/mol. The smallest absolute Gasteiger partial charge is 0.739 e. The first-order chi connectivity index (χ1) is 7.40. The predicted octanol–water partition coefficient (Wildman–Crippen LogP) is -1.67. The molecule has 0 radical (unpaired) electrons. The summed E-state index contributed by atoms with van der Waals surface area (Å²) in [7, 11) is -4.09. The van der Waals surface area contributed by atoms with Gasteiger partial charge < -0.3 is 4.55 Å². The maximum atomic E-state index is 10.6. The molecule has 0 spiro atoms. The average Bonchev–Trinajstić information content (AvgIpc) is 2.16. The van der Waals surface area contributed by atoms with Gasteiger partial charge in [0.05, 0.1) is 4.92 Å². The van der Waals surface area contributed by atoms with E-state index in [1.54, 1.807) is 6.07 Å². The van der Waals surface area contributed by atoms with Crippen molar-refractivity contribution in [3.63, 3.8) is 0 Å². The molecule has 0 saturated carbocycles. The summed E-state index contributed by atoms with van der Waals surface area (Å²) in [5.74, 6) is 0.0106. The van der Waals surface area contributed by atoms with Gasteiger partial charge in [-0.2, -0.15) is 0 Å². The van der Waals surface area contributed by atoms with Gasteiger partial charge >= 0.3 is 29.6 Å². The first-order valence-electron chi connectivity index (χ1n) is 4.23. The first kappa shape index (κ1) is 16.9. The summed E-state index contributed by atoms with van der Waals surface area (Å²) in [5, 5.41) is 10.6. The van der Waals surface area contributed by atoms with Crippen LogP contribution in [0.25, 0.3) is 0 Å². The molecule has 0 bridgehead atoms. The Bertz CT molecular complexity index is 490. The van der Waals surface area contributed by atoms with Gasteiger partial charge in [0.1, 0.15) is 9.15 Å². The molecule has 0 aliphatic heterocycles. The molecule has 6 nitrogen and oxygen atoms in total. The van der Waals surface area contributed by atoms with Gasteiger partial charge in [-0.05, 0) is 17.2 Å². The van der Waals surface area contributed by atoms with E-state index in [1.165, 1.54) is 18.2 Å². The second-order valence-electron chi connectivity index (χ2n) is 2.87. The third-order valence-corrected chi connectivity index (χ3v) is 3.81. The molecular weight excluding hydrogens is 277 g/mol. The second kappa shape index (κ2) is 7.34. The number of para-hydroxylation sites is 1. The number of benzene rings is 1. The fraction of sp³-hybridized carbons (Fsp3) is 0.250. The summed E-state index contributed by atoms with van der Waals surface area (Å²) in [5.41, 5.74) is 0.357. The zero-order valence-electron chi connectivity index (χ0n) is 9.03. The zero-order valence-corrected chi connectivity index (χ0v) is 12.7. The Morgan fingerprint density at radius 1 is 1.29 bits per heavy atom. The van der Waals surface area contributed by atoms with E-state index >= 15 is 0 Å². The van der Waals surface area contributed by atoms with Crippen LogP contribution >= 0.6 is 10.8 Å². The van der Waals surface area contributed by atoms with Gasteiger partial charge in [-0.3, -0.25) is 10.1 Å². The molecule has 0 atom stereocenters. The summed E-state index contributed by atoms with van der Waals surface area (Å²) >= 11 is 0. The molecule has 1 rings (SSSR count). The van der Waals surface area contributed by atoms with E-state index in [0.29, 0.717) is 5.56 Å². The number of hydrogen-bond donors (Lipinski definition) is 0. The minimum Gasteiger partial charge on any atom is -0.739 e. The fourth-order valence-corrected chi connectivity index (χ4v) is 2.52. The minimum atomic E-state index is -4.33. The van der Waals surface area contributed by atoms with Crippen LogP contribution in [0.1, 0.15) is 5.56 Å². The molecular formula is C8H8NNaO5S2. The number of hydrogen-bond acceptors (Lipinski definition) is 6. The van der Waals surface area contributed by atoms with Crippen molar-refractivity contribution in [1.82, 2.24) is 0 Å². The van der Waals surface area contributed by atoms with Gasteiger partial charge in [0, 0.05) is 17.4 Å². The Labute approximate surface area is 124 Å². The molecule has 0 unspecified atom stereocenters. The van der Waals surface area contributed by atoms with Gasteiger partial charge in [0.25, 0.3) is 5.69 Å². The maximum Gasteiger partial charge on any atom is 1.00 e. The van der Waals surface area contributed by atoms with Crippen LogP contribution in [0.15, 0.2) is 24.3 Å². The summed E-state index contributed by atoms with van der Waals surface area (Å²) in [6.07, 6.45) is 0.170. The van der Waals surface area contributed by atoms with Crippen molar-refractivity contribution in [2.45, 2.75) is 6.42 Å². The minimum absolute atomic E-state index is 0. The van der Waals surface area contributed by atoms with E-state index < -0.39 is 14.1 Å². The van der Waals surface area contributed by atoms with Crippen LogP contribution in [0.2, 0.25) is 0 Å². The standard InChI is InChI=1S/C8H9NO5S2.Na/c10-9(11)8-4-2-1-3-7(8)5-6-15-16(12,13)14;/h1-4H,5-6H2,(H,12,13,14);/q;+1/p-1. The second-order valence-corrected chi connectivity index (χ2v) is 6.26. The molecule has 0 N–H and O–H groups in total. The van der Waals surface area contributed by atoms with E-state index in [1.807, 2.05) is 0 Å². The van der Waals surface area contributed by atoms with E-state index in [2.05, 4.69) is 0 Å². The van der Waals surface area contributed by atoms with E-state index in [0.717, 1.165) is 0 Å². The monoisotopic (exact) mass is 285 g/mol. The van der Waals surface area contributed by atoms with Gasteiger partial charge in [-0.1, -0.05) is 18.2 Å². The Morgan fingerprint density at radius 3 is 2.41 bits per heavy atom. The van der Waals surface area contributed by atoms with Crippen molar-refractivity contribution in [3.05, 3.63) is 39.9 Å². The number of nitro benzene ring substituents is 1. The van der Waals surface area contributed by atoms with E-state index in [4.69, 9.17) is 0 Å². The molecule has 0 aliphatic rings. The molecule has 0 amide bonds. The number of nitro groups is 1. The van der Waals surface area contributed by atoms with Gasteiger partial charge in [0.15, 0.2) is 0 Å². The Kier molecular flexibility index (Phi) is 7.29. The van der Waals surface area contributed by atoms with Crippen LogP contribution in [-0.4, -0.2) is 23.6 Å². The molecule has 0 aromatic heterocycles. The third-order valence-electron chi connectivity index (χ3n) is 1.79. The van der Waals surface area contributed by atoms with Crippen molar-refractivity contribution in [2.75, 3.05) is 5.75 Å². The topological polar surface area (TPSA) is 100 Å². The molecule has 1 aromatic carbocycles. The van der Waals surface area contributed by atoms with E-state index in [-0.39, 0.29) is 58.2 Å². The maximum absolute atomic E-state index is 10.6. The molecule has 9 heteroatoms. The third kappa shape index (κ3) is 6.39. The van der Waals surface area contributed by atoms with Crippen molar-refractivity contribution >= 4 is 25.6 Å². The quantitative estimate of drug-likeness (QED) is 0.211. The first-order valence-corrected chi connectivity index (χ1v) is 7.14. The zero-order chi connectivity index (χ0) is 12.2. The molecule has 0 aliphatic carbocycles. The number of rotatable bonds is 5.